The molecule has 190 valence electrons. The summed E-state index contributed by atoms with van der Waals surface area (Å²) in [5.41, 5.74) is 2.00. The van der Waals surface area contributed by atoms with Gasteiger partial charge in [-0.05, 0) is 49.7 Å². The maximum atomic E-state index is 13.7. The minimum Gasteiger partial charge on any atom is -0.369 e. The summed E-state index contributed by atoms with van der Waals surface area (Å²) in [6, 6.07) is 9.90. The molecule has 1 amide bonds. The van der Waals surface area contributed by atoms with Crippen LogP contribution in [-0.2, 0) is 10.0 Å². The zero-order valence-electron chi connectivity index (χ0n) is 19.4. The molecule has 2 fully saturated rings. The van der Waals surface area contributed by atoms with Crippen LogP contribution in [0.15, 0.2) is 42.6 Å². The van der Waals surface area contributed by atoms with Gasteiger partial charge in [0, 0.05) is 40.7 Å². The molecule has 7 nitrogen and oxygen atoms in total. The van der Waals surface area contributed by atoms with Gasteiger partial charge in [0.15, 0.2) is 0 Å². The maximum Gasteiger partial charge on any atom is 0.265 e. The normalized spacial score (nSPS) is 20.5. The lowest BCUT2D eigenvalue weighted by Gasteiger charge is -2.18. The highest BCUT2D eigenvalue weighted by Gasteiger charge is 2.72. The van der Waals surface area contributed by atoms with Crippen LogP contribution in [0.2, 0.25) is 5.02 Å². The number of carbonyl (C=O) groups excluding carboxylic acids is 1. The number of rotatable bonds is 6. The van der Waals surface area contributed by atoms with Gasteiger partial charge in [-0.25, -0.2) is 17.2 Å². The molecule has 0 radical (unpaired) electrons. The highest BCUT2D eigenvalue weighted by Crippen LogP contribution is 2.65. The molecule has 2 N–H and O–H groups in total. The smallest absolute Gasteiger partial charge is 0.265 e. The van der Waals surface area contributed by atoms with Crippen LogP contribution in [0.5, 0.6) is 0 Å². The maximum absolute atomic E-state index is 13.7. The molecular formula is C24H23ClF2N4O3S2. The van der Waals surface area contributed by atoms with Gasteiger partial charge in [0.2, 0.25) is 10.0 Å². The molecule has 1 unspecified atom stereocenters. The molecule has 2 aliphatic rings. The summed E-state index contributed by atoms with van der Waals surface area (Å²) < 4.78 is 52.8. The van der Waals surface area contributed by atoms with E-state index in [1.807, 2.05) is 24.0 Å². The van der Waals surface area contributed by atoms with E-state index < -0.39 is 21.4 Å². The molecule has 1 aromatic carbocycles. The lowest BCUT2D eigenvalue weighted by atomic mass is 10.1. The number of benzene rings is 1. The Bertz CT molecular complexity index is 1460. The average Bonchev–Trinajstić information content (AvgIpc) is 3.11. The Morgan fingerprint density at radius 1 is 1.19 bits per heavy atom. The van der Waals surface area contributed by atoms with E-state index in [0.29, 0.717) is 35.8 Å². The van der Waals surface area contributed by atoms with E-state index >= 15 is 0 Å². The molecule has 2 aromatic heterocycles. The Balaban J connectivity index is 1.30. The SMILES string of the molecule is Cc1sc(C(=O)Nc2cc(Cl)cc(NS(C)(=O)=O)c2)cc1-c1ccc(N2CCC3(C2)CC3(F)F)cn1. The van der Waals surface area contributed by atoms with Gasteiger partial charge in [0.05, 0.1) is 39.8 Å². The van der Waals surface area contributed by atoms with Crippen LogP contribution in [0.25, 0.3) is 11.3 Å². The van der Waals surface area contributed by atoms with E-state index in [4.69, 9.17) is 11.6 Å². The zero-order chi connectivity index (χ0) is 25.9. The van der Waals surface area contributed by atoms with Crippen molar-refractivity contribution in [2.45, 2.75) is 25.7 Å². The Kier molecular flexibility index (Phi) is 6.00. The van der Waals surface area contributed by atoms with Gasteiger partial charge in [-0.3, -0.25) is 14.5 Å². The molecule has 12 heteroatoms. The molecule has 3 heterocycles. The second-order valence-electron chi connectivity index (χ2n) is 9.37. The fourth-order valence-corrected chi connectivity index (χ4v) is 6.33. The van der Waals surface area contributed by atoms with Crippen LogP contribution in [0.1, 0.15) is 27.4 Å². The lowest BCUT2D eigenvalue weighted by molar-refractivity contribution is 0.0711. The first-order chi connectivity index (χ1) is 16.8. The number of pyridine rings is 1. The van der Waals surface area contributed by atoms with Crippen molar-refractivity contribution < 1.29 is 22.0 Å². The summed E-state index contributed by atoms with van der Waals surface area (Å²) in [5.74, 6) is -2.93. The Labute approximate surface area is 216 Å². The molecule has 1 saturated heterocycles. The zero-order valence-corrected chi connectivity index (χ0v) is 21.8. The first-order valence-corrected chi connectivity index (χ1v) is 14.2. The fraction of sp³-hybridized carbons (Fsp3) is 0.333. The Hall–Kier alpha value is -2.76. The number of sulfonamides is 1. The van der Waals surface area contributed by atoms with Crippen molar-refractivity contribution in [2.24, 2.45) is 5.41 Å². The van der Waals surface area contributed by atoms with E-state index in [0.717, 1.165) is 22.4 Å². The van der Waals surface area contributed by atoms with Crippen LogP contribution < -0.4 is 14.9 Å². The summed E-state index contributed by atoms with van der Waals surface area (Å²) in [7, 11) is -3.50. The van der Waals surface area contributed by atoms with Crippen molar-refractivity contribution in [3.05, 3.63) is 57.4 Å². The molecule has 1 aliphatic heterocycles. The molecule has 3 aromatic rings. The van der Waals surface area contributed by atoms with Crippen LogP contribution in [-0.4, -0.2) is 44.6 Å². The summed E-state index contributed by atoms with van der Waals surface area (Å²) in [4.78, 5) is 20.7. The monoisotopic (exact) mass is 552 g/mol. The predicted molar refractivity (Wildman–Crippen MR) is 139 cm³/mol. The number of nitrogens with one attached hydrogen (secondary N) is 2. The van der Waals surface area contributed by atoms with Crippen molar-refractivity contribution in [3.63, 3.8) is 0 Å². The first kappa shape index (κ1) is 24.9. The largest absolute Gasteiger partial charge is 0.369 e. The fourth-order valence-electron chi connectivity index (χ4n) is 4.62. The number of amides is 1. The third-order valence-corrected chi connectivity index (χ3v) is 8.43. The van der Waals surface area contributed by atoms with Gasteiger partial charge in [-0.1, -0.05) is 11.6 Å². The van der Waals surface area contributed by atoms with Crippen molar-refractivity contribution >= 4 is 55.9 Å². The number of aromatic nitrogens is 1. The van der Waals surface area contributed by atoms with Crippen LogP contribution in [0.4, 0.5) is 25.8 Å². The second-order valence-corrected chi connectivity index (χ2v) is 12.8. The highest BCUT2D eigenvalue weighted by molar-refractivity contribution is 7.92. The molecule has 1 spiro atoms. The van der Waals surface area contributed by atoms with Crippen LogP contribution in [0, 0.1) is 12.3 Å². The van der Waals surface area contributed by atoms with Crippen LogP contribution in [0.3, 0.4) is 0 Å². The lowest BCUT2D eigenvalue weighted by Crippen LogP contribution is -2.22. The van der Waals surface area contributed by atoms with E-state index in [1.54, 1.807) is 12.3 Å². The Morgan fingerprint density at radius 2 is 1.92 bits per heavy atom. The summed E-state index contributed by atoms with van der Waals surface area (Å²) in [6.07, 6.45) is 3.16. The van der Waals surface area contributed by atoms with Gasteiger partial charge >= 0.3 is 0 Å². The number of nitrogens with zero attached hydrogens (tertiary/aromatic N) is 2. The van der Waals surface area contributed by atoms with Gasteiger partial charge in [0.1, 0.15) is 0 Å². The molecular weight excluding hydrogens is 530 g/mol. The summed E-state index contributed by atoms with van der Waals surface area (Å²) in [5, 5.41) is 3.01. The third kappa shape index (κ3) is 4.91. The third-order valence-electron chi connectivity index (χ3n) is 6.55. The first-order valence-electron chi connectivity index (χ1n) is 11.1. The molecule has 5 rings (SSSR count). The predicted octanol–water partition coefficient (Wildman–Crippen LogP) is 5.63. The van der Waals surface area contributed by atoms with Gasteiger partial charge < -0.3 is 10.2 Å². The number of alkyl halides is 2. The second kappa shape index (κ2) is 8.67. The molecule has 1 aliphatic carbocycles. The molecule has 0 bridgehead atoms. The molecule has 1 saturated carbocycles. The summed E-state index contributed by atoms with van der Waals surface area (Å²) >= 11 is 7.38. The van der Waals surface area contributed by atoms with Gasteiger partial charge in [-0.2, -0.15) is 0 Å². The number of hydrogen-bond acceptors (Lipinski definition) is 6. The van der Waals surface area contributed by atoms with Crippen molar-refractivity contribution in [2.75, 3.05) is 34.3 Å². The summed E-state index contributed by atoms with van der Waals surface area (Å²) in [6.45, 7) is 2.82. The highest BCUT2D eigenvalue weighted by atomic mass is 35.5. The van der Waals surface area contributed by atoms with Crippen molar-refractivity contribution in [1.82, 2.24) is 4.98 Å². The standard InChI is InChI=1S/C24H23ClF2N4O3S2/c1-14-19(20-4-3-18(11-28-20)31-6-5-23(13-31)12-24(23,26)27)10-21(35-14)22(32)29-16-7-15(25)8-17(9-16)30-36(2,33)34/h3-4,7-11,30H,5-6,12-13H2,1-2H3,(H,29,32). The molecule has 1 atom stereocenters. The Morgan fingerprint density at radius 3 is 2.53 bits per heavy atom. The van der Waals surface area contributed by atoms with E-state index in [1.165, 1.54) is 29.5 Å². The number of aryl methyl sites for hydroxylation is 1. The minimum atomic E-state index is -3.50. The van der Waals surface area contributed by atoms with Gasteiger partial charge in [-0.15, -0.1) is 11.3 Å². The number of hydrogen-bond donors (Lipinski definition) is 2. The van der Waals surface area contributed by atoms with Crippen molar-refractivity contribution in [1.29, 1.82) is 0 Å². The number of anilines is 3. The van der Waals surface area contributed by atoms with Gasteiger partial charge in [0.25, 0.3) is 11.8 Å². The number of carbonyl (C=O) groups is 1. The quantitative estimate of drug-likeness (QED) is 0.413. The number of thiophene rings is 1. The number of halogens is 3. The van der Waals surface area contributed by atoms with Crippen LogP contribution >= 0.6 is 22.9 Å². The van der Waals surface area contributed by atoms with E-state index in [-0.39, 0.29) is 23.0 Å². The molecule has 36 heavy (non-hydrogen) atoms. The van der Waals surface area contributed by atoms with E-state index in [2.05, 4.69) is 15.0 Å². The average molecular weight is 553 g/mol. The van der Waals surface area contributed by atoms with Crippen molar-refractivity contribution in [3.8, 4) is 11.3 Å². The topological polar surface area (TPSA) is 91.4 Å². The minimum absolute atomic E-state index is 0.0360. The van der Waals surface area contributed by atoms with E-state index in [9.17, 15) is 22.0 Å².